The summed E-state index contributed by atoms with van der Waals surface area (Å²) in [6.07, 6.45) is 0.0167. The largest absolute Gasteiger partial charge is 0.417 e. The number of anilines is 1. The summed E-state index contributed by atoms with van der Waals surface area (Å²) in [5.41, 5.74) is -2.08. The van der Waals surface area contributed by atoms with Crippen LogP contribution in [0.4, 0.5) is 18.9 Å². The minimum atomic E-state index is -4.75. The van der Waals surface area contributed by atoms with Crippen molar-refractivity contribution in [2.45, 2.75) is 32.1 Å². The van der Waals surface area contributed by atoms with Gasteiger partial charge in [-0.05, 0) is 55.9 Å². The molecule has 0 N–H and O–H groups in total. The molecule has 33 heavy (non-hydrogen) atoms. The van der Waals surface area contributed by atoms with Gasteiger partial charge in [0.05, 0.1) is 35.3 Å². The van der Waals surface area contributed by atoms with Gasteiger partial charge < -0.3 is 4.90 Å². The third kappa shape index (κ3) is 3.91. The summed E-state index contributed by atoms with van der Waals surface area (Å²) >= 11 is 5.50. The van der Waals surface area contributed by atoms with E-state index in [2.05, 4.69) is 15.3 Å². The molecule has 0 atom stereocenters. The van der Waals surface area contributed by atoms with E-state index in [0.717, 1.165) is 22.6 Å². The molecule has 12 heteroatoms. The van der Waals surface area contributed by atoms with Crippen molar-refractivity contribution in [1.82, 2.24) is 24.9 Å². The first-order valence-corrected chi connectivity index (χ1v) is 10.0. The number of nitrogens with zero attached hydrogens (tertiary/aromatic N) is 7. The zero-order valence-electron chi connectivity index (χ0n) is 17.4. The summed E-state index contributed by atoms with van der Waals surface area (Å²) in [5, 5.41) is 16.7. The van der Waals surface area contributed by atoms with Crippen molar-refractivity contribution in [3.8, 4) is 11.9 Å². The van der Waals surface area contributed by atoms with Gasteiger partial charge in [-0.25, -0.2) is 9.67 Å². The van der Waals surface area contributed by atoms with E-state index in [1.807, 2.05) is 0 Å². The third-order valence-electron chi connectivity index (χ3n) is 5.32. The van der Waals surface area contributed by atoms with E-state index in [9.17, 15) is 18.0 Å². The lowest BCUT2D eigenvalue weighted by molar-refractivity contribution is -0.137. The number of thiocarbonyl (C=S) groups is 1. The van der Waals surface area contributed by atoms with Crippen molar-refractivity contribution in [1.29, 1.82) is 5.26 Å². The summed E-state index contributed by atoms with van der Waals surface area (Å²) < 4.78 is 41.8. The lowest BCUT2D eigenvalue weighted by Crippen LogP contribution is -2.43. The highest BCUT2D eigenvalue weighted by Gasteiger charge is 2.49. The number of hydrogen-bond donors (Lipinski definition) is 0. The van der Waals surface area contributed by atoms with Crippen LogP contribution in [0.15, 0.2) is 48.9 Å². The Labute approximate surface area is 191 Å². The molecule has 2 aromatic heterocycles. The van der Waals surface area contributed by atoms with Gasteiger partial charge in [0.25, 0.3) is 5.91 Å². The van der Waals surface area contributed by atoms with Gasteiger partial charge in [-0.15, -0.1) is 5.10 Å². The number of rotatable bonds is 4. The number of hydrogen-bond acceptors (Lipinski definition) is 6. The highest BCUT2D eigenvalue weighted by Crippen LogP contribution is 2.38. The van der Waals surface area contributed by atoms with Crippen molar-refractivity contribution in [2.24, 2.45) is 0 Å². The Morgan fingerprint density at radius 3 is 2.55 bits per heavy atom. The Morgan fingerprint density at radius 2 is 1.97 bits per heavy atom. The Morgan fingerprint density at radius 1 is 1.21 bits per heavy atom. The van der Waals surface area contributed by atoms with Gasteiger partial charge in [0.2, 0.25) is 0 Å². The first-order valence-electron chi connectivity index (χ1n) is 9.63. The van der Waals surface area contributed by atoms with Crippen LogP contribution in [-0.2, 0) is 17.5 Å². The minimum Gasteiger partial charge on any atom is -0.330 e. The van der Waals surface area contributed by atoms with Gasteiger partial charge in [0.15, 0.2) is 10.9 Å². The number of alkyl halides is 3. The molecule has 1 fully saturated rings. The van der Waals surface area contributed by atoms with Crippen LogP contribution in [0.2, 0.25) is 0 Å². The van der Waals surface area contributed by atoms with E-state index in [1.54, 1.807) is 43.3 Å². The van der Waals surface area contributed by atoms with E-state index in [4.69, 9.17) is 17.5 Å². The Hall–Kier alpha value is -3.85. The predicted octanol–water partition coefficient (Wildman–Crippen LogP) is 3.47. The van der Waals surface area contributed by atoms with E-state index in [-0.39, 0.29) is 17.3 Å². The maximum atomic E-state index is 13.4. The molecule has 0 saturated carbocycles. The molecule has 3 heterocycles. The smallest absolute Gasteiger partial charge is 0.330 e. The summed E-state index contributed by atoms with van der Waals surface area (Å²) in [7, 11) is 0. The molecule has 1 amide bonds. The van der Waals surface area contributed by atoms with Gasteiger partial charge in [0, 0.05) is 12.7 Å². The quantitative estimate of drug-likeness (QED) is 0.538. The Kier molecular flexibility index (Phi) is 5.37. The molecule has 0 radical (unpaired) electrons. The lowest BCUT2D eigenvalue weighted by Gasteiger charge is -2.29. The molecule has 1 aromatic carbocycles. The molecule has 0 spiro atoms. The van der Waals surface area contributed by atoms with Crippen molar-refractivity contribution in [2.75, 3.05) is 4.90 Å². The van der Waals surface area contributed by atoms with Crippen LogP contribution in [0.25, 0.3) is 5.82 Å². The van der Waals surface area contributed by atoms with Gasteiger partial charge in [0.1, 0.15) is 5.54 Å². The topological polar surface area (TPSA) is 90.9 Å². The molecule has 1 aliphatic heterocycles. The fraction of sp³-hybridized carbons (Fsp3) is 0.238. The normalized spacial score (nSPS) is 15.8. The van der Waals surface area contributed by atoms with E-state index < -0.39 is 28.7 Å². The molecule has 0 bridgehead atoms. The van der Waals surface area contributed by atoms with Crippen LogP contribution in [0.1, 0.15) is 30.5 Å². The maximum Gasteiger partial charge on any atom is 0.417 e. The van der Waals surface area contributed by atoms with Gasteiger partial charge >= 0.3 is 6.18 Å². The van der Waals surface area contributed by atoms with Gasteiger partial charge in [-0.1, -0.05) is 11.3 Å². The first kappa shape index (κ1) is 22.3. The second-order valence-electron chi connectivity index (χ2n) is 7.78. The number of halogens is 3. The summed E-state index contributed by atoms with van der Waals surface area (Å²) in [6, 6.07) is 8.15. The first-order chi connectivity index (χ1) is 15.5. The lowest BCUT2D eigenvalue weighted by atomic mass is 10.0. The molecule has 0 aliphatic carbocycles. The zero-order valence-corrected chi connectivity index (χ0v) is 18.2. The standard InChI is InChI=1S/C21H16F3N7OS/c1-20(2)18(32)31(15-5-4-14(10-25)16(9-15)21(22,23)24)19(33)29(20)12-13-3-6-17(26-11-13)30-8-7-27-28-30/h3-9,11H,12H2,1-2H3. The van der Waals surface area contributed by atoms with Crippen molar-refractivity contribution in [3.63, 3.8) is 0 Å². The van der Waals surface area contributed by atoms with Gasteiger partial charge in [-0.2, -0.15) is 18.4 Å². The fourth-order valence-electron chi connectivity index (χ4n) is 3.49. The summed E-state index contributed by atoms with van der Waals surface area (Å²) in [5.74, 6) is 0.0759. The minimum absolute atomic E-state index is 0.0495. The highest BCUT2D eigenvalue weighted by atomic mass is 32.1. The number of carbonyl (C=O) groups excluding carboxylic acids is 1. The fourth-order valence-corrected chi connectivity index (χ4v) is 3.97. The van der Waals surface area contributed by atoms with Crippen molar-refractivity contribution >= 4 is 28.9 Å². The second kappa shape index (κ2) is 7.93. The molecule has 1 saturated heterocycles. The van der Waals surface area contributed by atoms with E-state index in [1.165, 1.54) is 23.0 Å². The molecule has 168 valence electrons. The summed E-state index contributed by atoms with van der Waals surface area (Å²) in [4.78, 5) is 20.2. The molecule has 4 rings (SSSR count). The maximum absolute atomic E-state index is 13.4. The van der Waals surface area contributed by atoms with Crippen molar-refractivity contribution in [3.05, 3.63) is 65.6 Å². The predicted molar refractivity (Wildman–Crippen MR) is 115 cm³/mol. The highest BCUT2D eigenvalue weighted by molar-refractivity contribution is 7.80. The van der Waals surface area contributed by atoms with Crippen molar-refractivity contribution < 1.29 is 18.0 Å². The number of nitriles is 1. The molecular weight excluding hydrogens is 455 g/mol. The van der Waals surface area contributed by atoms with Crippen LogP contribution in [0.3, 0.4) is 0 Å². The van der Waals surface area contributed by atoms with Crippen LogP contribution >= 0.6 is 12.2 Å². The molecule has 0 unspecified atom stereocenters. The Balaban J connectivity index is 1.64. The van der Waals surface area contributed by atoms with Crippen LogP contribution in [-0.4, -0.2) is 41.4 Å². The van der Waals surface area contributed by atoms with E-state index >= 15 is 0 Å². The number of pyridine rings is 1. The molecule has 1 aliphatic rings. The SMILES string of the molecule is CC1(C)C(=O)N(c2ccc(C#N)c(C(F)(F)F)c2)C(=S)N1Cc1ccc(-n2ccnn2)nc1. The monoisotopic (exact) mass is 471 g/mol. The zero-order chi connectivity index (χ0) is 24.0. The van der Waals surface area contributed by atoms with Crippen LogP contribution in [0, 0.1) is 11.3 Å². The average molecular weight is 471 g/mol. The number of aromatic nitrogens is 4. The molecular formula is C21H16F3N7OS. The molecule has 3 aromatic rings. The number of benzene rings is 1. The average Bonchev–Trinajstić information content (AvgIpc) is 3.36. The molecule has 8 nitrogen and oxygen atoms in total. The third-order valence-corrected chi connectivity index (χ3v) is 5.72. The Bertz CT molecular complexity index is 1260. The van der Waals surface area contributed by atoms with Crippen LogP contribution in [0.5, 0.6) is 0 Å². The van der Waals surface area contributed by atoms with E-state index in [0.29, 0.717) is 5.82 Å². The number of carbonyl (C=O) groups is 1. The van der Waals surface area contributed by atoms with Crippen LogP contribution < -0.4 is 4.90 Å². The number of amides is 1. The summed E-state index contributed by atoms with van der Waals surface area (Å²) in [6.45, 7) is 3.50. The van der Waals surface area contributed by atoms with Gasteiger partial charge in [-0.3, -0.25) is 9.69 Å². The second-order valence-corrected chi connectivity index (χ2v) is 8.15.